The molecule has 0 saturated carbocycles. The molecule has 0 aliphatic heterocycles. The maximum absolute atomic E-state index is 12.3. The Kier molecular flexibility index (Phi) is 16.4. The van der Waals surface area contributed by atoms with Gasteiger partial charge in [-0.1, -0.05) is 103 Å². The molecule has 0 aromatic heterocycles. The van der Waals surface area contributed by atoms with Gasteiger partial charge in [-0.05, 0) is 37.1 Å². The van der Waals surface area contributed by atoms with Crippen molar-refractivity contribution in [1.29, 1.82) is 0 Å². The zero-order valence-electron chi connectivity index (χ0n) is 23.1. The van der Waals surface area contributed by atoms with E-state index in [-0.39, 0.29) is 23.1 Å². The van der Waals surface area contributed by atoms with Crippen molar-refractivity contribution < 1.29 is 19.4 Å². The van der Waals surface area contributed by atoms with Gasteiger partial charge in [-0.3, -0.25) is 9.79 Å². The highest BCUT2D eigenvalue weighted by atomic mass is 16.5. The molecule has 5 nitrogen and oxygen atoms in total. The Balaban J connectivity index is 1.45. The number of allylic oxidation sites excluding steroid dienone is 2. The van der Waals surface area contributed by atoms with Gasteiger partial charge in [0.2, 0.25) is 0 Å². The van der Waals surface area contributed by atoms with Gasteiger partial charge in [-0.2, -0.15) is 0 Å². The molecule has 0 amide bonds. The first-order valence-electron chi connectivity index (χ1n) is 14.9. The molecule has 0 spiro atoms. The van der Waals surface area contributed by atoms with E-state index < -0.39 is 0 Å². The summed E-state index contributed by atoms with van der Waals surface area (Å²) in [5, 5.41) is 9.88. The van der Waals surface area contributed by atoms with Gasteiger partial charge in [0.05, 0.1) is 23.4 Å². The van der Waals surface area contributed by atoms with Crippen LogP contribution in [-0.2, 0) is 9.53 Å². The minimum atomic E-state index is -0.320. The number of nitrogens with zero attached hydrogens (tertiary/aromatic N) is 1. The lowest BCUT2D eigenvalue weighted by Gasteiger charge is -2.11. The van der Waals surface area contributed by atoms with E-state index in [1.807, 2.05) is 0 Å². The lowest BCUT2D eigenvalue weighted by molar-refractivity contribution is -0.115. The molecule has 206 valence electrons. The number of ether oxygens (including phenoxy) is 1. The van der Waals surface area contributed by atoms with Crippen LogP contribution in [0.25, 0.3) is 0 Å². The molecule has 0 heterocycles. The fourth-order valence-corrected chi connectivity index (χ4v) is 4.71. The van der Waals surface area contributed by atoms with Crippen LogP contribution in [0.1, 0.15) is 139 Å². The van der Waals surface area contributed by atoms with Crippen LogP contribution in [-0.4, -0.2) is 29.7 Å². The van der Waals surface area contributed by atoms with Crippen LogP contribution in [0.4, 0.5) is 5.69 Å². The number of hydrogen-bond acceptors (Lipinski definition) is 5. The predicted octanol–water partition coefficient (Wildman–Crippen LogP) is 9.37. The summed E-state index contributed by atoms with van der Waals surface area (Å²) in [6.07, 6.45) is 24.2. The maximum atomic E-state index is 12.3. The van der Waals surface area contributed by atoms with E-state index in [2.05, 4.69) is 11.9 Å². The van der Waals surface area contributed by atoms with E-state index in [4.69, 9.17) is 4.74 Å². The predicted molar refractivity (Wildman–Crippen MR) is 153 cm³/mol. The van der Waals surface area contributed by atoms with E-state index >= 15 is 0 Å². The molecule has 1 aliphatic rings. The second-order valence-corrected chi connectivity index (χ2v) is 10.4. The number of carbonyl (C=O) groups is 2. The molecule has 5 heteroatoms. The molecule has 0 bridgehead atoms. The molecule has 0 atom stereocenters. The van der Waals surface area contributed by atoms with Gasteiger partial charge in [-0.25, -0.2) is 4.79 Å². The topological polar surface area (TPSA) is 76.0 Å². The van der Waals surface area contributed by atoms with E-state index in [1.165, 1.54) is 96.1 Å². The molecule has 1 N–H and O–H groups in total. The molecule has 0 radical (unpaired) electrons. The second-order valence-electron chi connectivity index (χ2n) is 10.4. The Morgan fingerprint density at radius 2 is 1.32 bits per heavy atom. The smallest absolute Gasteiger partial charge is 0.338 e. The van der Waals surface area contributed by atoms with E-state index in [1.54, 1.807) is 24.3 Å². The van der Waals surface area contributed by atoms with Crippen molar-refractivity contribution >= 4 is 23.7 Å². The Labute approximate surface area is 224 Å². The molecule has 1 aromatic carbocycles. The van der Waals surface area contributed by atoms with E-state index in [9.17, 15) is 14.7 Å². The number of rotatable bonds is 20. The summed E-state index contributed by atoms with van der Waals surface area (Å²) in [5.74, 6) is -0.296. The molecule has 37 heavy (non-hydrogen) atoms. The Morgan fingerprint density at radius 3 is 1.84 bits per heavy atom. The number of aliphatic hydroxyl groups is 1. The SMILES string of the molecule is CCCCCCCCCCCCCCCCCCOC(=O)c1ccc(N=CC2=C(O)CCCC2=O)cc1. The van der Waals surface area contributed by atoms with Crippen molar-refractivity contribution in [3.8, 4) is 0 Å². The summed E-state index contributed by atoms with van der Waals surface area (Å²) in [7, 11) is 0. The summed E-state index contributed by atoms with van der Waals surface area (Å²) in [4.78, 5) is 28.4. The number of ketones is 1. The number of unbranched alkanes of at least 4 members (excludes halogenated alkanes) is 15. The molecular formula is C32H49NO4. The van der Waals surface area contributed by atoms with Crippen molar-refractivity contribution in [2.24, 2.45) is 4.99 Å². The zero-order valence-corrected chi connectivity index (χ0v) is 23.1. The fraction of sp³-hybridized carbons (Fsp3) is 0.656. The first kappa shape index (κ1) is 30.8. The minimum Gasteiger partial charge on any atom is -0.512 e. The van der Waals surface area contributed by atoms with Gasteiger partial charge in [0.1, 0.15) is 5.76 Å². The third kappa shape index (κ3) is 13.6. The van der Waals surface area contributed by atoms with Crippen LogP contribution in [0.3, 0.4) is 0 Å². The Hall–Kier alpha value is -2.43. The highest BCUT2D eigenvalue weighted by Crippen LogP contribution is 2.20. The number of hydrogen-bond donors (Lipinski definition) is 1. The van der Waals surface area contributed by atoms with Crippen LogP contribution >= 0.6 is 0 Å². The first-order valence-corrected chi connectivity index (χ1v) is 14.9. The van der Waals surface area contributed by atoms with Gasteiger partial charge in [0.25, 0.3) is 0 Å². The number of esters is 1. The molecule has 0 unspecified atom stereocenters. The molecule has 0 saturated heterocycles. The zero-order chi connectivity index (χ0) is 26.6. The molecule has 1 aliphatic carbocycles. The second kappa shape index (κ2) is 19.7. The molecule has 2 rings (SSSR count). The number of carbonyl (C=O) groups excluding carboxylic acids is 2. The molecule has 0 fully saturated rings. The van der Waals surface area contributed by atoms with Crippen LogP contribution in [0.2, 0.25) is 0 Å². The number of benzene rings is 1. The van der Waals surface area contributed by atoms with E-state index in [0.29, 0.717) is 37.1 Å². The largest absolute Gasteiger partial charge is 0.512 e. The first-order chi connectivity index (χ1) is 18.1. The quantitative estimate of drug-likeness (QED) is 0.107. The summed E-state index contributed by atoms with van der Waals surface area (Å²) in [6, 6.07) is 6.79. The lowest BCUT2D eigenvalue weighted by atomic mass is 9.97. The van der Waals surface area contributed by atoms with Crippen molar-refractivity contribution in [3.63, 3.8) is 0 Å². The third-order valence-electron chi connectivity index (χ3n) is 7.11. The minimum absolute atomic E-state index is 0.0817. The molecule has 1 aromatic rings. The summed E-state index contributed by atoms with van der Waals surface area (Å²) in [5.41, 5.74) is 1.40. The average Bonchev–Trinajstić information content (AvgIpc) is 2.90. The average molecular weight is 512 g/mol. The van der Waals surface area contributed by atoms with Gasteiger partial charge < -0.3 is 9.84 Å². The van der Waals surface area contributed by atoms with Crippen LogP contribution in [0.5, 0.6) is 0 Å². The highest BCUT2D eigenvalue weighted by Gasteiger charge is 2.18. The number of Topliss-reactive ketones (excluding diaryl/α,β-unsaturated/α-hetero) is 1. The normalized spacial score (nSPS) is 14.0. The maximum Gasteiger partial charge on any atom is 0.338 e. The van der Waals surface area contributed by atoms with Crippen LogP contribution < -0.4 is 0 Å². The summed E-state index contributed by atoms with van der Waals surface area (Å²) in [6.45, 7) is 2.72. The Morgan fingerprint density at radius 1 is 0.811 bits per heavy atom. The summed E-state index contributed by atoms with van der Waals surface area (Å²) >= 11 is 0. The van der Waals surface area contributed by atoms with Crippen molar-refractivity contribution in [2.75, 3.05) is 6.61 Å². The van der Waals surface area contributed by atoms with Gasteiger partial charge in [-0.15, -0.1) is 0 Å². The van der Waals surface area contributed by atoms with Gasteiger partial charge in [0, 0.05) is 19.1 Å². The summed E-state index contributed by atoms with van der Waals surface area (Å²) < 4.78 is 5.41. The van der Waals surface area contributed by atoms with Gasteiger partial charge >= 0.3 is 5.97 Å². The lowest BCUT2D eigenvalue weighted by Crippen LogP contribution is -2.12. The van der Waals surface area contributed by atoms with Crippen LogP contribution in [0.15, 0.2) is 40.6 Å². The monoisotopic (exact) mass is 511 g/mol. The Bertz CT molecular complexity index is 841. The van der Waals surface area contributed by atoms with Crippen LogP contribution in [0, 0.1) is 0 Å². The standard InChI is InChI=1S/C32H49NO4/c1-2-3-4-5-6-7-8-9-10-11-12-13-14-15-16-17-25-37-32(36)27-21-23-28(24-22-27)33-26-29-30(34)19-18-20-31(29)35/h21-24,26,34H,2-20,25H2,1H3. The number of aliphatic imine (C=N–C) groups is 1. The van der Waals surface area contributed by atoms with Crippen molar-refractivity contribution in [1.82, 2.24) is 0 Å². The molecular weight excluding hydrogens is 462 g/mol. The number of aliphatic hydroxyl groups excluding tert-OH is 1. The van der Waals surface area contributed by atoms with Gasteiger partial charge in [0.15, 0.2) is 5.78 Å². The highest BCUT2D eigenvalue weighted by molar-refractivity contribution is 6.14. The van der Waals surface area contributed by atoms with E-state index in [0.717, 1.165) is 12.8 Å². The van der Waals surface area contributed by atoms with Crippen molar-refractivity contribution in [2.45, 2.75) is 129 Å². The third-order valence-corrected chi connectivity index (χ3v) is 7.11. The fourth-order valence-electron chi connectivity index (χ4n) is 4.71. The van der Waals surface area contributed by atoms with Crippen molar-refractivity contribution in [3.05, 3.63) is 41.2 Å².